The molecule has 0 spiro atoms. The first-order valence-corrected chi connectivity index (χ1v) is 8.05. The Balaban J connectivity index is 2.09. The first kappa shape index (κ1) is 14.0. The zero-order chi connectivity index (χ0) is 15.8. The number of fused-ring (bicyclic) bond motifs is 1. The van der Waals surface area contributed by atoms with Gasteiger partial charge in [-0.15, -0.1) is 0 Å². The highest BCUT2D eigenvalue weighted by atomic mass is 79.9. The number of aromatic hydroxyl groups is 1. The van der Waals surface area contributed by atoms with E-state index in [-0.39, 0.29) is 5.75 Å². The van der Waals surface area contributed by atoms with Crippen molar-refractivity contribution in [3.05, 3.63) is 77.3 Å². The van der Waals surface area contributed by atoms with E-state index in [2.05, 4.69) is 20.5 Å². The summed E-state index contributed by atoms with van der Waals surface area (Å²) in [6, 6.07) is 23.4. The SMILES string of the molecule is Oc1ccc(Br)cc1-c1nc2ccccc2n1-c1ccccc1. The van der Waals surface area contributed by atoms with Crippen molar-refractivity contribution in [2.75, 3.05) is 0 Å². The molecule has 3 nitrogen and oxygen atoms in total. The van der Waals surface area contributed by atoms with Crippen LogP contribution >= 0.6 is 15.9 Å². The summed E-state index contributed by atoms with van der Waals surface area (Å²) in [6.45, 7) is 0. The number of benzene rings is 3. The fraction of sp³-hybridized carbons (Fsp3) is 0. The third-order valence-electron chi connectivity index (χ3n) is 3.77. The Kier molecular flexibility index (Phi) is 3.39. The molecule has 1 heterocycles. The molecule has 4 aromatic rings. The molecule has 4 heteroatoms. The molecule has 0 saturated heterocycles. The van der Waals surface area contributed by atoms with Gasteiger partial charge in [0, 0.05) is 10.2 Å². The van der Waals surface area contributed by atoms with Gasteiger partial charge in [0.15, 0.2) is 0 Å². The van der Waals surface area contributed by atoms with Crippen LogP contribution in [-0.2, 0) is 0 Å². The molecule has 112 valence electrons. The van der Waals surface area contributed by atoms with Gasteiger partial charge in [-0.1, -0.05) is 46.3 Å². The van der Waals surface area contributed by atoms with E-state index >= 15 is 0 Å². The van der Waals surface area contributed by atoms with Crippen molar-refractivity contribution in [1.82, 2.24) is 9.55 Å². The van der Waals surface area contributed by atoms with E-state index < -0.39 is 0 Å². The second-order valence-electron chi connectivity index (χ2n) is 5.26. The van der Waals surface area contributed by atoms with E-state index in [4.69, 9.17) is 4.98 Å². The van der Waals surface area contributed by atoms with Gasteiger partial charge in [-0.05, 0) is 42.5 Å². The summed E-state index contributed by atoms with van der Waals surface area (Å²) in [5.74, 6) is 0.928. The van der Waals surface area contributed by atoms with Crippen LogP contribution in [0.2, 0.25) is 0 Å². The van der Waals surface area contributed by atoms with Crippen molar-refractivity contribution in [3.8, 4) is 22.8 Å². The zero-order valence-electron chi connectivity index (χ0n) is 12.1. The van der Waals surface area contributed by atoms with Gasteiger partial charge in [0.1, 0.15) is 11.6 Å². The van der Waals surface area contributed by atoms with Crippen LogP contribution in [0.1, 0.15) is 0 Å². The van der Waals surface area contributed by atoms with Crippen LogP contribution < -0.4 is 0 Å². The van der Waals surface area contributed by atoms with Crippen molar-refractivity contribution in [1.29, 1.82) is 0 Å². The van der Waals surface area contributed by atoms with Crippen LogP contribution in [0.5, 0.6) is 5.75 Å². The minimum atomic E-state index is 0.209. The summed E-state index contributed by atoms with van der Waals surface area (Å²) in [4.78, 5) is 4.74. The lowest BCUT2D eigenvalue weighted by molar-refractivity contribution is 0.476. The molecule has 3 aromatic carbocycles. The molecule has 1 aromatic heterocycles. The second kappa shape index (κ2) is 5.56. The van der Waals surface area contributed by atoms with Crippen LogP contribution in [-0.4, -0.2) is 14.7 Å². The average molecular weight is 365 g/mol. The summed E-state index contributed by atoms with van der Waals surface area (Å²) in [7, 11) is 0. The number of phenolic OH excluding ortho intramolecular Hbond substituents is 1. The largest absolute Gasteiger partial charge is 0.507 e. The summed E-state index contributed by atoms with van der Waals surface area (Å²) < 4.78 is 2.97. The number of nitrogens with zero attached hydrogens (tertiary/aromatic N) is 2. The first-order chi connectivity index (χ1) is 11.2. The number of hydrogen-bond acceptors (Lipinski definition) is 2. The number of rotatable bonds is 2. The Bertz CT molecular complexity index is 993. The van der Waals surface area contributed by atoms with E-state index in [0.717, 1.165) is 27.0 Å². The highest BCUT2D eigenvalue weighted by molar-refractivity contribution is 9.10. The molecule has 0 radical (unpaired) electrons. The Morgan fingerprint density at radius 3 is 2.43 bits per heavy atom. The molecule has 0 unspecified atom stereocenters. The van der Waals surface area contributed by atoms with Gasteiger partial charge in [0.05, 0.1) is 16.6 Å². The maximum absolute atomic E-state index is 10.3. The van der Waals surface area contributed by atoms with Crippen molar-refractivity contribution in [3.63, 3.8) is 0 Å². The maximum Gasteiger partial charge on any atom is 0.149 e. The smallest absolute Gasteiger partial charge is 0.149 e. The van der Waals surface area contributed by atoms with Gasteiger partial charge in [-0.3, -0.25) is 4.57 Å². The summed E-state index contributed by atoms with van der Waals surface area (Å²) in [5.41, 5.74) is 3.61. The highest BCUT2D eigenvalue weighted by Crippen LogP contribution is 2.35. The van der Waals surface area contributed by atoms with Gasteiger partial charge >= 0.3 is 0 Å². The number of halogens is 1. The minimum Gasteiger partial charge on any atom is -0.507 e. The van der Waals surface area contributed by atoms with Crippen molar-refractivity contribution in [2.45, 2.75) is 0 Å². The van der Waals surface area contributed by atoms with Crippen LogP contribution in [0.4, 0.5) is 0 Å². The standard InChI is InChI=1S/C19H13BrN2O/c20-13-10-11-18(23)15(12-13)19-21-16-8-4-5-9-17(16)22(19)14-6-2-1-3-7-14/h1-12,23H. The molecule has 0 amide bonds. The lowest BCUT2D eigenvalue weighted by Gasteiger charge is -2.10. The molecule has 0 saturated carbocycles. The topological polar surface area (TPSA) is 38.1 Å². The van der Waals surface area contributed by atoms with E-state index in [0.29, 0.717) is 5.56 Å². The summed E-state index contributed by atoms with van der Waals surface area (Å²) in [5, 5.41) is 10.3. The number of para-hydroxylation sites is 3. The molecule has 1 N–H and O–H groups in total. The number of imidazole rings is 1. The Morgan fingerprint density at radius 1 is 0.870 bits per heavy atom. The zero-order valence-corrected chi connectivity index (χ0v) is 13.7. The number of aromatic nitrogens is 2. The van der Waals surface area contributed by atoms with Crippen LogP contribution in [0, 0.1) is 0 Å². The Hall–Kier alpha value is -2.59. The molecule has 0 aliphatic heterocycles. The predicted octanol–water partition coefficient (Wildman–Crippen LogP) is 5.16. The molecular weight excluding hydrogens is 352 g/mol. The molecule has 4 rings (SSSR count). The highest BCUT2D eigenvalue weighted by Gasteiger charge is 2.16. The predicted molar refractivity (Wildman–Crippen MR) is 95.9 cm³/mol. The number of hydrogen-bond donors (Lipinski definition) is 1. The van der Waals surface area contributed by atoms with Gasteiger partial charge in [-0.2, -0.15) is 0 Å². The quantitative estimate of drug-likeness (QED) is 0.533. The van der Waals surface area contributed by atoms with Crippen LogP contribution in [0.15, 0.2) is 77.3 Å². The summed E-state index contributed by atoms with van der Waals surface area (Å²) in [6.07, 6.45) is 0. The number of phenols is 1. The molecule has 0 bridgehead atoms. The molecule has 23 heavy (non-hydrogen) atoms. The fourth-order valence-corrected chi connectivity index (χ4v) is 3.09. The molecular formula is C19H13BrN2O. The Labute approximate surface area is 142 Å². The molecule has 0 atom stereocenters. The molecule has 0 aliphatic rings. The fourth-order valence-electron chi connectivity index (χ4n) is 2.73. The van der Waals surface area contributed by atoms with E-state index in [1.807, 2.05) is 66.7 Å². The molecule has 0 fully saturated rings. The van der Waals surface area contributed by atoms with E-state index in [1.165, 1.54) is 0 Å². The second-order valence-corrected chi connectivity index (χ2v) is 6.17. The molecule has 0 aliphatic carbocycles. The minimum absolute atomic E-state index is 0.209. The van der Waals surface area contributed by atoms with Gasteiger partial charge < -0.3 is 5.11 Å². The third-order valence-corrected chi connectivity index (χ3v) is 4.27. The average Bonchev–Trinajstić information content (AvgIpc) is 2.97. The third kappa shape index (κ3) is 2.41. The van der Waals surface area contributed by atoms with Crippen molar-refractivity contribution < 1.29 is 5.11 Å². The maximum atomic E-state index is 10.3. The van der Waals surface area contributed by atoms with Crippen molar-refractivity contribution >= 4 is 27.0 Å². The van der Waals surface area contributed by atoms with E-state index in [9.17, 15) is 5.11 Å². The summed E-state index contributed by atoms with van der Waals surface area (Å²) >= 11 is 3.47. The van der Waals surface area contributed by atoms with Gasteiger partial charge in [-0.25, -0.2) is 4.98 Å². The first-order valence-electron chi connectivity index (χ1n) is 7.26. The Morgan fingerprint density at radius 2 is 1.61 bits per heavy atom. The van der Waals surface area contributed by atoms with Gasteiger partial charge in [0.25, 0.3) is 0 Å². The normalized spacial score (nSPS) is 11.0. The van der Waals surface area contributed by atoms with E-state index in [1.54, 1.807) is 6.07 Å². The lowest BCUT2D eigenvalue weighted by atomic mass is 10.2. The van der Waals surface area contributed by atoms with Crippen molar-refractivity contribution in [2.24, 2.45) is 0 Å². The van der Waals surface area contributed by atoms with Gasteiger partial charge in [0.2, 0.25) is 0 Å². The van der Waals surface area contributed by atoms with Crippen LogP contribution in [0.3, 0.4) is 0 Å². The van der Waals surface area contributed by atoms with Crippen LogP contribution in [0.25, 0.3) is 28.1 Å². The lowest BCUT2D eigenvalue weighted by Crippen LogP contribution is -1.97. The monoisotopic (exact) mass is 364 g/mol.